The summed E-state index contributed by atoms with van der Waals surface area (Å²) in [6.07, 6.45) is 9.83. The highest BCUT2D eigenvalue weighted by Gasteiger charge is 2.25. The molecular weight excluding hydrogens is 443 g/mol. The molecule has 1 aromatic carbocycles. The van der Waals surface area contributed by atoms with Crippen molar-refractivity contribution in [2.75, 3.05) is 13.2 Å². The maximum absolute atomic E-state index is 13.9. The molecular formula is C25H39F5O3. The summed E-state index contributed by atoms with van der Waals surface area (Å²) in [4.78, 5) is 0. The maximum Gasteiger partial charge on any atom is 0.271 e. The van der Waals surface area contributed by atoms with Crippen molar-refractivity contribution in [2.45, 2.75) is 110 Å². The fourth-order valence-corrected chi connectivity index (χ4v) is 3.71. The van der Waals surface area contributed by atoms with E-state index in [9.17, 15) is 22.0 Å². The highest BCUT2D eigenvalue weighted by molar-refractivity contribution is 5.24. The summed E-state index contributed by atoms with van der Waals surface area (Å²) in [6.45, 7) is 5.92. The smallest absolute Gasteiger partial charge is 0.271 e. The molecule has 1 aromatic rings. The van der Waals surface area contributed by atoms with E-state index in [1.54, 1.807) is 0 Å². The lowest BCUT2D eigenvalue weighted by Gasteiger charge is -2.24. The molecule has 0 aromatic heterocycles. The van der Waals surface area contributed by atoms with E-state index in [4.69, 9.17) is 14.2 Å². The van der Waals surface area contributed by atoms with Gasteiger partial charge in [0, 0.05) is 18.8 Å². The predicted octanol–water partition coefficient (Wildman–Crippen LogP) is 7.98. The van der Waals surface area contributed by atoms with Crippen LogP contribution < -0.4 is 0 Å². The lowest BCUT2D eigenvalue weighted by molar-refractivity contribution is -0.302. The molecule has 0 heterocycles. The Labute approximate surface area is 195 Å². The van der Waals surface area contributed by atoms with E-state index < -0.39 is 41.1 Å². The van der Waals surface area contributed by atoms with Crippen molar-refractivity contribution in [1.82, 2.24) is 0 Å². The standard InChI is InChI=1S/C25H39F5O3/c1-4-7-8-9-10-11-12-15-18(33-25(31-5-2)32-6-3)16-13-14-17-19-20(26)22(28)24(30)23(29)21(19)27/h18,25H,4-17H2,1-3H3. The van der Waals surface area contributed by atoms with E-state index in [1.807, 2.05) is 13.8 Å². The van der Waals surface area contributed by atoms with Crippen molar-refractivity contribution in [1.29, 1.82) is 0 Å². The molecule has 8 heteroatoms. The van der Waals surface area contributed by atoms with E-state index in [1.165, 1.54) is 25.7 Å². The van der Waals surface area contributed by atoms with Crippen molar-refractivity contribution < 1.29 is 36.2 Å². The first-order valence-electron chi connectivity index (χ1n) is 12.3. The average Bonchev–Trinajstić information content (AvgIpc) is 2.80. The summed E-state index contributed by atoms with van der Waals surface area (Å²) in [5.41, 5.74) is -0.766. The highest BCUT2D eigenvalue weighted by atomic mass is 19.2. The number of rotatable bonds is 19. The van der Waals surface area contributed by atoms with Crippen LogP contribution in [0.1, 0.15) is 97.0 Å². The molecule has 33 heavy (non-hydrogen) atoms. The molecule has 1 unspecified atom stereocenters. The minimum absolute atomic E-state index is 0.180. The van der Waals surface area contributed by atoms with Crippen molar-refractivity contribution in [2.24, 2.45) is 0 Å². The second-order valence-corrected chi connectivity index (χ2v) is 8.16. The van der Waals surface area contributed by atoms with E-state index in [2.05, 4.69) is 6.92 Å². The van der Waals surface area contributed by atoms with E-state index in [-0.39, 0.29) is 18.9 Å². The number of halogens is 5. The molecule has 1 atom stereocenters. The zero-order valence-electron chi connectivity index (χ0n) is 20.2. The van der Waals surface area contributed by atoms with Crippen LogP contribution in [0.2, 0.25) is 0 Å². The predicted molar refractivity (Wildman–Crippen MR) is 118 cm³/mol. The molecule has 0 aliphatic rings. The van der Waals surface area contributed by atoms with Crippen molar-refractivity contribution in [3.8, 4) is 0 Å². The van der Waals surface area contributed by atoms with Gasteiger partial charge in [0.1, 0.15) is 0 Å². The van der Waals surface area contributed by atoms with E-state index >= 15 is 0 Å². The summed E-state index contributed by atoms with van der Waals surface area (Å²) in [7, 11) is 0. The van der Waals surface area contributed by atoms with Crippen LogP contribution in [-0.4, -0.2) is 25.8 Å². The third-order valence-corrected chi connectivity index (χ3v) is 5.54. The van der Waals surface area contributed by atoms with Gasteiger partial charge >= 0.3 is 0 Å². The van der Waals surface area contributed by atoms with Crippen LogP contribution in [0.4, 0.5) is 22.0 Å². The Bertz CT molecular complexity index is 637. The first-order valence-corrected chi connectivity index (χ1v) is 12.3. The molecule has 0 fully saturated rings. The molecule has 0 aliphatic carbocycles. The van der Waals surface area contributed by atoms with Crippen LogP contribution in [0.25, 0.3) is 0 Å². The van der Waals surface area contributed by atoms with Crippen molar-refractivity contribution in [3.63, 3.8) is 0 Å². The molecule has 0 spiro atoms. The van der Waals surface area contributed by atoms with Gasteiger partial charge in [-0.3, -0.25) is 0 Å². The van der Waals surface area contributed by atoms with Gasteiger partial charge in [-0.05, 0) is 39.5 Å². The Hall–Kier alpha value is -1.25. The Balaban J connectivity index is 2.60. The SMILES string of the molecule is CCCCCCCCCC(CCCCc1c(F)c(F)c(F)c(F)c1F)OC(OCC)OCC. The van der Waals surface area contributed by atoms with Crippen LogP contribution in [0.5, 0.6) is 0 Å². The van der Waals surface area contributed by atoms with E-state index in [0.717, 1.165) is 25.7 Å². The molecule has 0 bridgehead atoms. The van der Waals surface area contributed by atoms with Gasteiger partial charge in [0.25, 0.3) is 6.48 Å². The Morgan fingerprint density at radius 2 is 1.03 bits per heavy atom. The third kappa shape index (κ3) is 10.7. The Morgan fingerprint density at radius 3 is 1.55 bits per heavy atom. The molecule has 3 nitrogen and oxygen atoms in total. The largest absolute Gasteiger partial charge is 0.330 e. The average molecular weight is 483 g/mol. The second kappa shape index (κ2) is 17.2. The van der Waals surface area contributed by atoms with Crippen molar-refractivity contribution >= 4 is 0 Å². The van der Waals surface area contributed by atoms with Crippen LogP contribution in [0.3, 0.4) is 0 Å². The molecule has 1 rings (SSSR count). The molecule has 0 aliphatic heterocycles. The lowest BCUT2D eigenvalue weighted by Crippen LogP contribution is -2.27. The van der Waals surface area contributed by atoms with Gasteiger partial charge < -0.3 is 14.2 Å². The number of hydrogen-bond acceptors (Lipinski definition) is 3. The minimum atomic E-state index is -2.13. The molecule has 0 saturated heterocycles. The molecule has 192 valence electrons. The first-order chi connectivity index (χ1) is 15.9. The van der Waals surface area contributed by atoms with Gasteiger partial charge in [-0.15, -0.1) is 0 Å². The normalized spacial score (nSPS) is 12.6. The number of ether oxygens (including phenoxy) is 3. The summed E-state index contributed by atoms with van der Waals surface area (Å²) >= 11 is 0. The third-order valence-electron chi connectivity index (χ3n) is 5.54. The monoisotopic (exact) mass is 482 g/mol. The van der Waals surface area contributed by atoms with Crippen LogP contribution in [0, 0.1) is 29.1 Å². The minimum Gasteiger partial charge on any atom is -0.330 e. The Morgan fingerprint density at radius 1 is 0.576 bits per heavy atom. The Kier molecular flexibility index (Phi) is 15.5. The highest BCUT2D eigenvalue weighted by Crippen LogP contribution is 2.25. The number of unbranched alkanes of at least 4 members (excludes halogenated alkanes) is 7. The summed E-state index contributed by atoms with van der Waals surface area (Å²) in [5, 5.41) is 0. The summed E-state index contributed by atoms with van der Waals surface area (Å²) < 4.78 is 84.6. The molecule has 0 amide bonds. The topological polar surface area (TPSA) is 27.7 Å². The van der Waals surface area contributed by atoms with Crippen LogP contribution in [0.15, 0.2) is 0 Å². The molecule has 0 radical (unpaired) electrons. The van der Waals surface area contributed by atoms with Gasteiger partial charge in [0.15, 0.2) is 23.3 Å². The fraction of sp³-hybridized carbons (Fsp3) is 0.760. The maximum atomic E-state index is 13.9. The lowest BCUT2D eigenvalue weighted by atomic mass is 10.0. The van der Waals surface area contributed by atoms with Crippen LogP contribution >= 0.6 is 0 Å². The van der Waals surface area contributed by atoms with Gasteiger partial charge in [0.05, 0.1) is 6.10 Å². The molecule has 0 saturated carbocycles. The van der Waals surface area contributed by atoms with Crippen LogP contribution in [-0.2, 0) is 20.6 Å². The first kappa shape index (κ1) is 29.8. The van der Waals surface area contributed by atoms with Gasteiger partial charge in [-0.2, -0.15) is 0 Å². The quantitative estimate of drug-likeness (QED) is 0.0658. The van der Waals surface area contributed by atoms with Gasteiger partial charge in [0.2, 0.25) is 5.82 Å². The zero-order chi connectivity index (χ0) is 24.6. The van der Waals surface area contributed by atoms with Gasteiger partial charge in [-0.25, -0.2) is 22.0 Å². The summed E-state index contributed by atoms with van der Waals surface area (Å²) in [6, 6.07) is 0. The summed E-state index contributed by atoms with van der Waals surface area (Å²) in [5.74, 6) is -9.44. The van der Waals surface area contributed by atoms with Crippen molar-refractivity contribution in [3.05, 3.63) is 34.6 Å². The van der Waals surface area contributed by atoms with Gasteiger partial charge in [-0.1, -0.05) is 58.3 Å². The zero-order valence-corrected chi connectivity index (χ0v) is 20.2. The van der Waals surface area contributed by atoms with E-state index in [0.29, 0.717) is 26.1 Å². The fourth-order valence-electron chi connectivity index (χ4n) is 3.71. The number of benzene rings is 1. The molecule has 0 N–H and O–H groups in total. The number of hydrogen-bond donors (Lipinski definition) is 0. The second-order valence-electron chi connectivity index (χ2n) is 8.16.